The molecular weight excluding hydrogens is 315 g/mol. The second-order valence-electron chi connectivity index (χ2n) is 6.40. The van der Waals surface area contributed by atoms with Crippen molar-refractivity contribution in [2.24, 2.45) is 0 Å². The van der Waals surface area contributed by atoms with Crippen molar-refractivity contribution in [3.05, 3.63) is 76.3 Å². The van der Waals surface area contributed by atoms with Crippen molar-refractivity contribution in [3.63, 3.8) is 0 Å². The molecule has 0 N–H and O–H groups in total. The first-order valence-electron chi connectivity index (χ1n) is 7.97. The van der Waals surface area contributed by atoms with Crippen LogP contribution in [-0.4, -0.2) is 11.0 Å². The van der Waals surface area contributed by atoms with Gasteiger partial charge in [0.25, 0.3) is 0 Å². The summed E-state index contributed by atoms with van der Waals surface area (Å²) >= 11 is 0. The van der Waals surface area contributed by atoms with Gasteiger partial charge < -0.3 is 0 Å². The third-order valence-electron chi connectivity index (χ3n) is 4.63. The summed E-state index contributed by atoms with van der Waals surface area (Å²) in [5, 5.41) is 2.70. The van der Waals surface area contributed by atoms with Crippen LogP contribution >= 0.6 is 7.92 Å². The number of carbonyl (C=O) groups is 2. The Bertz CT molecular complexity index is 959. The van der Waals surface area contributed by atoms with Crippen LogP contribution in [0.3, 0.4) is 0 Å². The quantitative estimate of drug-likeness (QED) is 0.596. The first-order chi connectivity index (χ1) is 11.5. The summed E-state index contributed by atoms with van der Waals surface area (Å²) < 4.78 is 0. The van der Waals surface area contributed by atoms with E-state index in [1.54, 1.807) is 0 Å². The minimum Gasteiger partial charge on any atom is -0.288 e. The molecule has 3 aromatic carbocycles. The largest absolute Gasteiger partial charge is 0.288 e. The maximum atomic E-state index is 13.2. The number of hydrogen-bond donors (Lipinski definition) is 0. The van der Waals surface area contributed by atoms with Gasteiger partial charge in [-0.05, 0) is 42.6 Å². The Morgan fingerprint density at radius 1 is 0.750 bits per heavy atom. The van der Waals surface area contributed by atoms with Gasteiger partial charge in [0.05, 0.1) is 7.92 Å². The summed E-state index contributed by atoms with van der Waals surface area (Å²) in [7, 11) is -1.53. The zero-order valence-electron chi connectivity index (χ0n) is 13.9. The van der Waals surface area contributed by atoms with E-state index in [0.717, 1.165) is 32.8 Å². The summed E-state index contributed by atoms with van der Waals surface area (Å²) in [6.45, 7) is 6.04. The SMILES string of the molecule is Cc1cc(C)c(P2C(=O)c3cccc4cccc(c34)C2=O)c(C)c1. The van der Waals surface area contributed by atoms with E-state index in [9.17, 15) is 9.59 Å². The van der Waals surface area contributed by atoms with Gasteiger partial charge in [0, 0.05) is 16.5 Å². The highest BCUT2D eigenvalue weighted by molar-refractivity contribution is 7.96. The molecule has 1 aliphatic heterocycles. The van der Waals surface area contributed by atoms with Crippen LogP contribution in [0, 0.1) is 20.8 Å². The van der Waals surface area contributed by atoms with Crippen LogP contribution < -0.4 is 5.30 Å². The molecule has 0 saturated heterocycles. The molecule has 1 aliphatic rings. The molecule has 0 radical (unpaired) electrons. The van der Waals surface area contributed by atoms with E-state index in [1.165, 1.54) is 0 Å². The first-order valence-corrected chi connectivity index (χ1v) is 9.31. The molecule has 3 aromatic rings. The van der Waals surface area contributed by atoms with Gasteiger partial charge in [0.2, 0.25) is 0 Å². The fourth-order valence-electron chi connectivity index (χ4n) is 3.76. The minimum atomic E-state index is -1.53. The zero-order chi connectivity index (χ0) is 17.0. The molecule has 0 spiro atoms. The molecule has 0 aromatic heterocycles. The maximum absolute atomic E-state index is 13.2. The van der Waals surface area contributed by atoms with Gasteiger partial charge in [-0.1, -0.05) is 54.1 Å². The average molecular weight is 332 g/mol. The Labute approximate surface area is 142 Å². The Morgan fingerprint density at radius 2 is 1.25 bits per heavy atom. The second kappa shape index (κ2) is 5.36. The third-order valence-corrected chi connectivity index (χ3v) is 7.08. The fraction of sp³-hybridized carbons (Fsp3) is 0.143. The van der Waals surface area contributed by atoms with Crippen LogP contribution in [0.5, 0.6) is 0 Å². The van der Waals surface area contributed by atoms with Crippen molar-refractivity contribution >= 4 is 35.0 Å². The molecule has 0 amide bonds. The normalized spacial score (nSPS) is 14.5. The molecule has 4 rings (SSSR count). The van der Waals surface area contributed by atoms with Gasteiger partial charge in [0.15, 0.2) is 11.0 Å². The molecule has 2 nitrogen and oxygen atoms in total. The van der Waals surface area contributed by atoms with E-state index in [2.05, 4.69) is 12.1 Å². The highest BCUT2D eigenvalue weighted by atomic mass is 31.1. The first kappa shape index (κ1) is 15.2. The van der Waals surface area contributed by atoms with Crippen LogP contribution in [0.25, 0.3) is 10.8 Å². The van der Waals surface area contributed by atoms with Gasteiger partial charge in [-0.25, -0.2) is 0 Å². The Balaban J connectivity index is 2.02. The van der Waals surface area contributed by atoms with Crippen LogP contribution in [0.1, 0.15) is 37.4 Å². The number of benzene rings is 3. The van der Waals surface area contributed by atoms with Crippen LogP contribution in [0.4, 0.5) is 0 Å². The number of rotatable bonds is 1. The topological polar surface area (TPSA) is 34.1 Å². The average Bonchev–Trinajstić information content (AvgIpc) is 2.54. The van der Waals surface area contributed by atoms with Crippen molar-refractivity contribution in [2.45, 2.75) is 20.8 Å². The Hall–Kier alpha value is -2.31. The predicted molar refractivity (Wildman–Crippen MR) is 99.8 cm³/mol. The van der Waals surface area contributed by atoms with E-state index < -0.39 is 7.92 Å². The smallest absolute Gasteiger partial charge is 0.197 e. The highest BCUT2D eigenvalue weighted by Gasteiger charge is 2.38. The van der Waals surface area contributed by atoms with E-state index >= 15 is 0 Å². The van der Waals surface area contributed by atoms with Gasteiger partial charge >= 0.3 is 0 Å². The van der Waals surface area contributed by atoms with E-state index in [0.29, 0.717) is 11.1 Å². The lowest BCUT2D eigenvalue weighted by Gasteiger charge is -2.25. The number of carbonyl (C=O) groups excluding carboxylic acids is 2. The van der Waals surface area contributed by atoms with E-state index in [4.69, 9.17) is 0 Å². The summed E-state index contributed by atoms with van der Waals surface area (Å²) in [5.74, 6) is 0. The molecule has 0 atom stereocenters. The summed E-state index contributed by atoms with van der Waals surface area (Å²) in [4.78, 5) is 26.4. The standard InChI is InChI=1S/C21H17O2P/c1-12-10-13(2)19(14(3)11-12)24-20(22)16-8-4-6-15-7-5-9-17(18(15)16)21(24)23/h4-11H,1-3H3. The lowest BCUT2D eigenvalue weighted by atomic mass is 10.00. The van der Waals surface area contributed by atoms with Crippen molar-refractivity contribution in [1.82, 2.24) is 0 Å². The molecule has 24 heavy (non-hydrogen) atoms. The molecule has 3 heteroatoms. The molecule has 0 saturated carbocycles. The monoisotopic (exact) mass is 332 g/mol. The zero-order valence-corrected chi connectivity index (χ0v) is 14.8. The molecule has 0 bridgehead atoms. The van der Waals surface area contributed by atoms with E-state index in [1.807, 2.05) is 57.2 Å². The van der Waals surface area contributed by atoms with Gasteiger partial charge in [-0.2, -0.15) is 0 Å². The Morgan fingerprint density at radius 3 is 1.75 bits per heavy atom. The van der Waals surface area contributed by atoms with Crippen LogP contribution in [0.15, 0.2) is 48.5 Å². The van der Waals surface area contributed by atoms with Crippen molar-refractivity contribution in [1.29, 1.82) is 0 Å². The predicted octanol–water partition coefficient (Wildman–Crippen LogP) is 4.87. The minimum absolute atomic E-state index is 0.0191. The van der Waals surface area contributed by atoms with Crippen LogP contribution in [0.2, 0.25) is 0 Å². The fourth-order valence-corrected chi connectivity index (χ4v) is 6.04. The summed E-state index contributed by atoms with van der Waals surface area (Å²) in [6, 6.07) is 15.6. The lowest BCUT2D eigenvalue weighted by Crippen LogP contribution is -2.24. The lowest BCUT2D eigenvalue weighted by molar-refractivity contribution is 0.105. The Kier molecular flexibility index (Phi) is 3.40. The maximum Gasteiger partial charge on any atom is 0.197 e. The van der Waals surface area contributed by atoms with Gasteiger partial charge in [-0.15, -0.1) is 0 Å². The molecule has 0 aliphatic carbocycles. The highest BCUT2D eigenvalue weighted by Crippen LogP contribution is 2.50. The van der Waals surface area contributed by atoms with E-state index in [-0.39, 0.29) is 11.0 Å². The van der Waals surface area contributed by atoms with Crippen molar-refractivity contribution < 1.29 is 9.59 Å². The van der Waals surface area contributed by atoms with Crippen molar-refractivity contribution in [2.75, 3.05) is 0 Å². The van der Waals surface area contributed by atoms with Gasteiger partial charge in [-0.3, -0.25) is 9.59 Å². The molecule has 118 valence electrons. The number of hydrogen-bond acceptors (Lipinski definition) is 2. The van der Waals surface area contributed by atoms with Crippen LogP contribution in [-0.2, 0) is 0 Å². The molecule has 1 heterocycles. The molecular formula is C21H17O2P. The van der Waals surface area contributed by atoms with Gasteiger partial charge in [0.1, 0.15) is 0 Å². The third kappa shape index (κ3) is 2.07. The second-order valence-corrected chi connectivity index (χ2v) is 8.33. The summed E-state index contributed by atoms with van der Waals surface area (Å²) in [6.07, 6.45) is 0. The molecule has 0 unspecified atom stereocenters. The summed E-state index contributed by atoms with van der Waals surface area (Å²) in [5.41, 5.74) is 4.56. The van der Waals surface area contributed by atoms with Crippen molar-refractivity contribution in [3.8, 4) is 0 Å². The molecule has 0 fully saturated rings. The number of aryl methyl sites for hydroxylation is 3.